The van der Waals surface area contributed by atoms with Gasteiger partial charge >= 0.3 is 0 Å². The highest BCUT2D eigenvalue weighted by molar-refractivity contribution is 9.10. The van der Waals surface area contributed by atoms with E-state index in [1.807, 2.05) is 12.1 Å². The fourth-order valence-corrected chi connectivity index (χ4v) is 2.10. The van der Waals surface area contributed by atoms with Gasteiger partial charge in [-0.25, -0.2) is 4.98 Å². The maximum Gasteiger partial charge on any atom is 0.197 e. The molecule has 0 aliphatic carbocycles. The van der Waals surface area contributed by atoms with Crippen LogP contribution in [0.2, 0.25) is 0 Å². The van der Waals surface area contributed by atoms with Crippen LogP contribution in [0.5, 0.6) is 0 Å². The van der Waals surface area contributed by atoms with E-state index in [0.29, 0.717) is 5.95 Å². The van der Waals surface area contributed by atoms with Crippen LogP contribution in [0, 0.1) is 0 Å². The minimum Gasteiger partial charge on any atom is -0.369 e. The molecule has 0 bridgehead atoms. The average Bonchev–Trinajstić information content (AvgIpc) is 2.83. The summed E-state index contributed by atoms with van der Waals surface area (Å²) in [5.41, 5.74) is 8.51. The smallest absolute Gasteiger partial charge is 0.197 e. The van der Waals surface area contributed by atoms with Gasteiger partial charge in [-0.15, -0.1) is 0 Å². The Hall–Kier alpha value is -1.75. The molecule has 80 valence electrons. The first-order chi connectivity index (χ1) is 7.72. The number of hydrogen-bond donors (Lipinski definition) is 3. The van der Waals surface area contributed by atoms with Crippen LogP contribution < -0.4 is 5.73 Å². The largest absolute Gasteiger partial charge is 0.369 e. The molecule has 0 radical (unpaired) electrons. The lowest BCUT2D eigenvalue weighted by molar-refractivity contribution is 1.32. The van der Waals surface area contributed by atoms with E-state index >= 15 is 0 Å². The highest BCUT2D eigenvalue weighted by atomic mass is 79.9. The summed E-state index contributed by atoms with van der Waals surface area (Å²) >= 11 is 3.45. The predicted octanol–water partition coefficient (Wildman–Crippen LogP) is 2.90. The molecule has 3 aromatic rings. The molecule has 2 aromatic heterocycles. The van der Waals surface area contributed by atoms with Gasteiger partial charge in [0.2, 0.25) is 0 Å². The maximum atomic E-state index is 5.55. The SMILES string of the molecule is Nc1ncc(-c2cc3cc(Br)ccc3[nH]2)[nH]1. The summed E-state index contributed by atoms with van der Waals surface area (Å²) in [6.07, 6.45) is 1.72. The third-order valence-electron chi connectivity index (χ3n) is 2.47. The highest BCUT2D eigenvalue weighted by Gasteiger charge is 2.05. The first kappa shape index (κ1) is 9.47. The number of nitrogens with two attached hydrogens (primary N) is 1. The molecule has 4 N–H and O–H groups in total. The van der Waals surface area contributed by atoms with Crippen LogP contribution in [-0.2, 0) is 0 Å². The Balaban J connectivity index is 2.18. The van der Waals surface area contributed by atoms with E-state index in [1.165, 1.54) is 0 Å². The van der Waals surface area contributed by atoms with Gasteiger partial charge in [0, 0.05) is 15.4 Å². The Bertz CT molecular complexity index is 653. The molecular weight excluding hydrogens is 268 g/mol. The van der Waals surface area contributed by atoms with Crippen LogP contribution in [0.25, 0.3) is 22.3 Å². The van der Waals surface area contributed by atoms with Crippen LogP contribution in [0.3, 0.4) is 0 Å². The number of rotatable bonds is 1. The van der Waals surface area contributed by atoms with Gasteiger partial charge in [0.25, 0.3) is 0 Å². The molecule has 5 heteroatoms. The van der Waals surface area contributed by atoms with Crippen molar-refractivity contribution in [2.45, 2.75) is 0 Å². The number of nitrogens with zero attached hydrogens (tertiary/aromatic N) is 1. The molecule has 0 fully saturated rings. The molecule has 0 atom stereocenters. The van der Waals surface area contributed by atoms with Gasteiger partial charge in [0.05, 0.1) is 17.6 Å². The molecule has 0 aliphatic rings. The van der Waals surface area contributed by atoms with Gasteiger partial charge in [-0.2, -0.15) is 0 Å². The molecule has 0 unspecified atom stereocenters. The fourth-order valence-electron chi connectivity index (χ4n) is 1.72. The van der Waals surface area contributed by atoms with Crippen LogP contribution >= 0.6 is 15.9 Å². The molecule has 16 heavy (non-hydrogen) atoms. The van der Waals surface area contributed by atoms with Crippen molar-refractivity contribution in [2.75, 3.05) is 5.73 Å². The third kappa shape index (κ3) is 1.49. The van der Waals surface area contributed by atoms with Crippen molar-refractivity contribution in [3.8, 4) is 11.4 Å². The van der Waals surface area contributed by atoms with Crippen LogP contribution in [0.1, 0.15) is 0 Å². The van der Waals surface area contributed by atoms with Crippen molar-refractivity contribution in [1.29, 1.82) is 0 Å². The summed E-state index contributed by atoms with van der Waals surface area (Å²) in [4.78, 5) is 10.3. The Labute approximate surface area is 100 Å². The number of fused-ring (bicyclic) bond motifs is 1. The van der Waals surface area contributed by atoms with E-state index in [-0.39, 0.29) is 0 Å². The number of nitrogen functional groups attached to an aromatic ring is 1. The minimum atomic E-state index is 0.426. The average molecular weight is 277 g/mol. The molecule has 0 amide bonds. The second-order valence-corrected chi connectivity index (χ2v) is 4.51. The monoisotopic (exact) mass is 276 g/mol. The van der Waals surface area contributed by atoms with Crippen LogP contribution in [-0.4, -0.2) is 15.0 Å². The summed E-state index contributed by atoms with van der Waals surface area (Å²) in [7, 11) is 0. The quantitative estimate of drug-likeness (QED) is 0.640. The summed E-state index contributed by atoms with van der Waals surface area (Å²) in [6, 6.07) is 8.16. The van der Waals surface area contributed by atoms with Crippen molar-refractivity contribution in [3.63, 3.8) is 0 Å². The Morgan fingerprint density at radius 3 is 2.75 bits per heavy atom. The number of halogens is 1. The van der Waals surface area contributed by atoms with Crippen LogP contribution in [0.15, 0.2) is 34.9 Å². The lowest BCUT2D eigenvalue weighted by Gasteiger charge is -1.90. The third-order valence-corrected chi connectivity index (χ3v) is 2.96. The number of aromatic amines is 2. The maximum absolute atomic E-state index is 5.55. The van der Waals surface area contributed by atoms with E-state index in [4.69, 9.17) is 5.73 Å². The number of H-pyrrole nitrogens is 2. The predicted molar refractivity (Wildman–Crippen MR) is 68.0 cm³/mol. The molecule has 0 aliphatic heterocycles. The molecular formula is C11H9BrN4. The number of nitrogens with one attached hydrogen (secondary N) is 2. The normalized spacial score (nSPS) is 11.1. The van der Waals surface area contributed by atoms with Gasteiger partial charge in [0.1, 0.15) is 0 Å². The molecule has 0 saturated carbocycles. The number of imidazole rings is 1. The Morgan fingerprint density at radius 2 is 2.00 bits per heavy atom. The van der Waals surface area contributed by atoms with Crippen molar-refractivity contribution in [3.05, 3.63) is 34.9 Å². The van der Waals surface area contributed by atoms with Crippen molar-refractivity contribution in [2.24, 2.45) is 0 Å². The molecule has 0 spiro atoms. The van der Waals surface area contributed by atoms with Gasteiger partial charge in [0.15, 0.2) is 5.95 Å². The van der Waals surface area contributed by atoms with Gasteiger partial charge in [-0.1, -0.05) is 15.9 Å². The van der Waals surface area contributed by atoms with Crippen LogP contribution in [0.4, 0.5) is 5.95 Å². The number of benzene rings is 1. The molecule has 3 rings (SSSR count). The summed E-state index contributed by atoms with van der Waals surface area (Å²) in [5, 5.41) is 1.15. The second kappa shape index (κ2) is 3.38. The topological polar surface area (TPSA) is 70.5 Å². The van der Waals surface area contributed by atoms with Crippen molar-refractivity contribution < 1.29 is 0 Å². The van der Waals surface area contributed by atoms with E-state index in [2.05, 4.69) is 43.0 Å². The van der Waals surface area contributed by atoms with E-state index < -0.39 is 0 Å². The van der Waals surface area contributed by atoms with Gasteiger partial charge < -0.3 is 15.7 Å². The first-order valence-electron chi connectivity index (χ1n) is 4.81. The zero-order valence-corrected chi connectivity index (χ0v) is 9.88. The van der Waals surface area contributed by atoms with Gasteiger partial charge in [-0.05, 0) is 24.3 Å². The summed E-state index contributed by atoms with van der Waals surface area (Å²) in [5.74, 6) is 0.426. The molecule has 1 aromatic carbocycles. The van der Waals surface area contributed by atoms with Crippen molar-refractivity contribution >= 4 is 32.8 Å². The molecule has 4 nitrogen and oxygen atoms in total. The zero-order valence-electron chi connectivity index (χ0n) is 8.29. The highest BCUT2D eigenvalue weighted by Crippen LogP contribution is 2.25. The molecule has 2 heterocycles. The number of anilines is 1. The fraction of sp³-hybridized carbons (Fsp3) is 0. The van der Waals surface area contributed by atoms with Gasteiger partial charge in [-0.3, -0.25) is 0 Å². The minimum absolute atomic E-state index is 0.426. The lowest BCUT2D eigenvalue weighted by atomic mass is 10.2. The Kier molecular flexibility index (Phi) is 2.00. The number of aromatic nitrogens is 3. The Morgan fingerprint density at radius 1 is 1.12 bits per heavy atom. The summed E-state index contributed by atoms with van der Waals surface area (Å²) < 4.78 is 1.06. The summed E-state index contributed by atoms with van der Waals surface area (Å²) in [6.45, 7) is 0. The molecule has 0 saturated heterocycles. The standard InChI is InChI=1S/C11H9BrN4/c12-7-1-2-8-6(3-7)4-9(15-8)10-5-14-11(13)16-10/h1-5,15H,(H3,13,14,16). The van der Waals surface area contributed by atoms with E-state index in [9.17, 15) is 0 Å². The van der Waals surface area contributed by atoms with Crippen molar-refractivity contribution in [1.82, 2.24) is 15.0 Å². The first-order valence-corrected chi connectivity index (χ1v) is 5.61. The number of hydrogen-bond acceptors (Lipinski definition) is 2. The van der Waals surface area contributed by atoms with E-state index in [0.717, 1.165) is 26.8 Å². The lowest BCUT2D eigenvalue weighted by Crippen LogP contribution is -1.85. The van der Waals surface area contributed by atoms with E-state index in [1.54, 1.807) is 6.20 Å². The zero-order chi connectivity index (χ0) is 11.1. The second-order valence-electron chi connectivity index (χ2n) is 3.60.